The summed E-state index contributed by atoms with van der Waals surface area (Å²) < 4.78 is 2.45. The quantitative estimate of drug-likeness (QED) is 0.604. The predicted molar refractivity (Wildman–Crippen MR) is 109 cm³/mol. The first-order valence-electron chi connectivity index (χ1n) is 10.3. The number of fused-ring (bicyclic) bond motifs is 2. The van der Waals surface area contributed by atoms with Gasteiger partial charge in [0.15, 0.2) is 0 Å². The van der Waals surface area contributed by atoms with Gasteiger partial charge >= 0.3 is 0 Å². The van der Waals surface area contributed by atoms with Crippen molar-refractivity contribution in [1.82, 2.24) is 9.47 Å². The van der Waals surface area contributed by atoms with E-state index in [0.29, 0.717) is 6.04 Å². The Morgan fingerprint density at radius 1 is 0.846 bits per heavy atom. The molecule has 0 bridgehead atoms. The minimum Gasteiger partial charge on any atom is -0.346 e. The summed E-state index contributed by atoms with van der Waals surface area (Å²) in [4.78, 5) is 2.63. The largest absolute Gasteiger partial charge is 0.346 e. The smallest absolute Gasteiger partial charge is 0.0583 e. The van der Waals surface area contributed by atoms with Crippen LogP contribution in [0.4, 0.5) is 0 Å². The molecular formula is C24H28N2. The number of hydrogen-bond donors (Lipinski definition) is 0. The van der Waals surface area contributed by atoms with Gasteiger partial charge in [-0.3, -0.25) is 4.90 Å². The highest BCUT2D eigenvalue weighted by Gasteiger charge is 2.22. The van der Waals surface area contributed by atoms with Crippen molar-refractivity contribution in [3.8, 4) is 0 Å². The standard InChI is InChI=1S/C24H28N2/c1-4-13-25(14-5-1)16-19-11-12-23-20(15-19)9-6-10-24(23)26-17-21-7-2-3-8-22(21)18-26/h2-3,7-8,11-12,15,17-18,24H,1,4-6,9-10,13-14,16H2/t24-/m1/s1. The molecule has 2 nitrogen and oxygen atoms in total. The van der Waals surface area contributed by atoms with Crippen LogP contribution >= 0.6 is 0 Å². The molecular weight excluding hydrogens is 316 g/mol. The van der Waals surface area contributed by atoms with Gasteiger partial charge in [0.25, 0.3) is 0 Å². The van der Waals surface area contributed by atoms with Gasteiger partial charge in [-0.1, -0.05) is 48.9 Å². The van der Waals surface area contributed by atoms with Crippen LogP contribution in [0.25, 0.3) is 10.8 Å². The Bertz CT molecular complexity index is 868. The summed E-state index contributed by atoms with van der Waals surface area (Å²) in [6, 6.07) is 16.5. The van der Waals surface area contributed by atoms with Crippen LogP contribution in [0.2, 0.25) is 0 Å². The van der Waals surface area contributed by atoms with E-state index in [9.17, 15) is 0 Å². The molecule has 1 atom stereocenters. The van der Waals surface area contributed by atoms with E-state index in [4.69, 9.17) is 0 Å². The van der Waals surface area contributed by atoms with Crippen molar-refractivity contribution in [2.45, 2.75) is 51.1 Å². The number of likely N-dealkylation sites (tertiary alicyclic amines) is 1. The third-order valence-electron chi connectivity index (χ3n) is 6.28. The number of hydrogen-bond acceptors (Lipinski definition) is 1. The van der Waals surface area contributed by atoms with Crippen LogP contribution in [-0.2, 0) is 13.0 Å². The van der Waals surface area contributed by atoms with E-state index in [1.54, 1.807) is 11.1 Å². The molecule has 2 heterocycles. The Labute approximate surface area is 156 Å². The second-order valence-electron chi connectivity index (χ2n) is 8.11. The number of rotatable bonds is 3. The van der Waals surface area contributed by atoms with Crippen molar-refractivity contribution in [1.29, 1.82) is 0 Å². The molecule has 0 N–H and O–H groups in total. The molecule has 2 heteroatoms. The molecule has 2 aliphatic rings. The lowest BCUT2D eigenvalue weighted by atomic mass is 9.86. The third-order valence-corrected chi connectivity index (χ3v) is 6.28. The second kappa shape index (κ2) is 6.92. The first kappa shape index (κ1) is 16.1. The van der Waals surface area contributed by atoms with Gasteiger partial charge in [-0.25, -0.2) is 0 Å². The van der Waals surface area contributed by atoms with Crippen molar-refractivity contribution in [2.24, 2.45) is 0 Å². The fourth-order valence-electron chi connectivity index (χ4n) is 4.91. The van der Waals surface area contributed by atoms with E-state index in [0.717, 1.165) is 6.54 Å². The van der Waals surface area contributed by atoms with Crippen LogP contribution in [0.5, 0.6) is 0 Å². The molecule has 1 aromatic heterocycles. The lowest BCUT2D eigenvalue weighted by Gasteiger charge is -2.29. The molecule has 0 amide bonds. The predicted octanol–water partition coefficient (Wildman–Crippen LogP) is 5.55. The highest BCUT2D eigenvalue weighted by Crippen LogP contribution is 2.35. The molecule has 1 saturated heterocycles. The Morgan fingerprint density at radius 2 is 1.62 bits per heavy atom. The molecule has 26 heavy (non-hydrogen) atoms. The first-order chi connectivity index (χ1) is 12.9. The van der Waals surface area contributed by atoms with Crippen LogP contribution in [0.15, 0.2) is 54.9 Å². The normalized spacial score (nSPS) is 21.0. The fraction of sp³-hybridized carbons (Fsp3) is 0.417. The molecule has 0 radical (unpaired) electrons. The van der Waals surface area contributed by atoms with Gasteiger partial charge in [0.05, 0.1) is 6.04 Å². The zero-order valence-electron chi connectivity index (χ0n) is 15.5. The van der Waals surface area contributed by atoms with Crippen molar-refractivity contribution in [3.05, 3.63) is 71.5 Å². The zero-order chi connectivity index (χ0) is 17.3. The van der Waals surface area contributed by atoms with Crippen LogP contribution < -0.4 is 0 Å². The lowest BCUT2D eigenvalue weighted by molar-refractivity contribution is 0.221. The molecule has 0 spiro atoms. The second-order valence-corrected chi connectivity index (χ2v) is 8.11. The van der Waals surface area contributed by atoms with Gasteiger partial charge in [-0.05, 0) is 72.7 Å². The lowest BCUT2D eigenvalue weighted by Crippen LogP contribution is -2.29. The Morgan fingerprint density at radius 3 is 2.38 bits per heavy atom. The monoisotopic (exact) mass is 344 g/mol. The van der Waals surface area contributed by atoms with E-state index in [1.807, 2.05) is 0 Å². The van der Waals surface area contributed by atoms with Gasteiger partial charge in [0, 0.05) is 18.9 Å². The van der Waals surface area contributed by atoms with E-state index >= 15 is 0 Å². The molecule has 5 rings (SSSR count). The molecule has 134 valence electrons. The van der Waals surface area contributed by atoms with Gasteiger partial charge < -0.3 is 4.57 Å². The Hall–Kier alpha value is -2.06. The number of aryl methyl sites for hydroxylation is 1. The summed E-state index contributed by atoms with van der Waals surface area (Å²) in [5.74, 6) is 0. The van der Waals surface area contributed by atoms with Crippen molar-refractivity contribution >= 4 is 10.8 Å². The van der Waals surface area contributed by atoms with E-state index in [1.165, 1.54) is 68.0 Å². The average Bonchev–Trinajstić information content (AvgIpc) is 3.12. The summed E-state index contributed by atoms with van der Waals surface area (Å²) in [5, 5.41) is 2.70. The molecule has 1 aliphatic carbocycles. The molecule has 0 unspecified atom stereocenters. The van der Waals surface area contributed by atoms with Gasteiger partial charge in [-0.15, -0.1) is 0 Å². The minimum absolute atomic E-state index is 0.496. The minimum atomic E-state index is 0.496. The number of nitrogens with zero attached hydrogens (tertiary/aromatic N) is 2. The Kier molecular flexibility index (Phi) is 4.30. The summed E-state index contributed by atoms with van der Waals surface area (Å²) in [6.45, 7) is 3.68. The molecule has 1 fully saturated rings. The molecule has 0 saturated carbocycles. The molecule has 3 aromatic rings. The number of benzene rings is 2. The first-order valence-corrected chi connectivity index (χ1v) is 10.3. The van der Waals surface area contributed by atoms with Crippen LogP contribution in [-0.4, -0.2) is 22.6 Å². The van der Waals surface area contributed by atoms with Crippen LogP contribution in [0.3, 0.4) is 0 Å². The summed E-state index contributed by atoms with van der Waals surface area (Å²) in [5.41, 5.74) is 4.62. The maximum atomic E-state index is 2.63. The van der Waals surface area contributed by atoms with E-state index in [-0.39, 0.29) is 0 Å². The topological polar surface area (TPSA) is 8.17 Å². The van der Waals surface area contributed by atoms with Crippen molar-refractivity contribution in [3.63, 3.8) is 0 Å². The molecule has 2 aromatic carbocycles. The number of aromatic nitrogens is 1. The highest BCUT2D eigenvalue weighted by molar-refractivity contribution is 5.82. The zero-order valence-corrected chi connectivity index (χ0v) is 15.5. The third kappa shape index (κ3) is 3.07. The SMILES string of the molecule is c1ccc2cn([C@@H]3CCCc4cc(CN5CCCCC5)ccc43)cc2c1. The maximum Gasteiger partial charge on any atom is 0.0583 e. The summed E-state index contributed by atoms with van der Waals surface area (Å²) in [7, 11) is 0. The van der Waals surface area contributed by atoms with Gasteiger partial charge in [0.1, 0.15) is 0 Å². The van der Waals surface area contributed by atoms with Gasteiger partial charge in [-0.2, -0.15) is 0 Å². The van der Waals surface area contributed by atoms with Crippen LogP contribution in [0, 0.1) is 0 Å². The summed E-state index contributed by atoms with van der Waals surface area (Å²) >= 11 is 0. The van der Waals surface area contributed by atoms with E-state index in [2.05, 4.69) is 64.3 Å². The average molecular weight is 345 g/mol. The molecule has 1 aliphatic heterocycles. The van der Waals surface area contributed by atoms with Crippen LogP contribution in [0.1, 0.15) is 54.8 Å². The highest BCUT2D eigenvalue weighted by atomic mass is 15.1. The maximum absolute atomic E-state index is 2.63. The van der Waals surface area contributed by atoms with E-state index < -0.39 is 0 Å². The van der Waals surface area contributed by atoms with Crippen molar-refractivity contribution < 1.29 is 0 Å². The van der Waals surface area contributed by atoms with Crippen molar-refractivity contribution in [2.75, 3.05) is 13.1 Å². The fourth-order valence-corrected chi connectivity index (χ4v) is 4.91. The summed E-state index contributed by atoms with van der Waals surface area (Å²) in [6.07, 6.45) is 12.6. The van der Waals surface area contributed by atoms with Gasteiger partial charge in [0.2, 0.25) is 0 Å². The number of piperidine rings is 1. The Balaban J connectivity index is 1.43.